The number of aryl methyl sites for hydroxylation is 2. The van der Waals surface area contributed by atoms with E-state index >= 15 is 0 Å². The van der Waals surface area contributed by atoms with Crippen LogP contribution in [0.1, 0.15) is 50.4 Å². The van der Waals surface area contributed by atoms with E-state index in [1.807, 2.05) is 19.9 Å². The number of carbonyl (C=O) groups is 2. The maximum Gasteiger partial charge on any atom is 0.269 e. The summed E-state index contributed by atoms with van der Waals surface area (Å²) in [4.78, 5) is 26.4. The fraction of sp³-hybridized carbons (Fsp3) is 0.471. The van der Waals surface area contributed by atoms with Crippen molar-refractivity contribution in [3.63, 3.8) is 0 Å². The van der Waals surface area contributed by atoms with E-state index in [1.165, 1.54) is 0 Å². The van der Waals surface area contributed by atoms with Crippen molar-refractivity contribution in [2.24, 2.45) is 12.8 Å². The van der Waals surface area contributed by atoms with Gasteiger partial charge in [-0.25, -0.2) is 0 Å². The second-order valence-electron chi connectivity index (χ2n) is 6.27. The standard InChI is InChI=1S/C17H23N5O2/c1-5-22-10(2)8-12(11(22)3)17(24)21-7-6-14-13(9-21)15(16(18)23)19-20(14)4/h8H,5-7,9H2,1-4H3,(H2,18,23). The zero-order valence-corrected chi connectivity index (χ0v) is 14.6. The highest BCUT2D eigenvalue weighted by Gasteiger charge is 2.30. The molecule has 0 unspecified atom stereocenters. The summed E-state index contributed by atoms with van der Waals surface area (Å²) in [5.41, 5.74) is 10.2. The average molecular weight is 329 g/mol. The van der Waals surface area contributed by atoms with Crippen molar-refractivity contribution in [1.29, 1.82) is 0 Å². The Hall–Kier alpha value is -2.57. The summed E-state index contributed by atoms with van der Waals surface area (Å²) >= 11 is 0. The molecule has 1 aliphatic heterocycles. The quantitative estimate of drug-likeness (QED) is 0.916. The van der Waals surface area contributed by atoms with Gasteiger partial charge in [-0.15, -0.1) is 0 Å². The molecule has 0 saturated heterocycles. The molecule has 7 heteroatoms. The first-order valence-corrected chi connectivity index (χ1v) is 8.15. The zero-order valence-electron chi connectivity index (χ0n) is 14.6. The van der Waals surface area contributed by atoms with E-state index in [2.05, 4.69) is 16.6 Å². The third-order valence-corrected chi connectivity index (χ3v) is 4.88. The van der Waals surface area contributed by atoms with Gasteiger partial charge in [0.15, 0.2) is 5.69 Å². The van der Waals surface area contributed by atoms with Crippen LogP contribution in [0.5, 0.6) is 0 Å². The molecule has 0 atom stereocenters. The van der Waals surface area contributed by atoms with Crippen LogP contribution in [-0.4, -0.2) is 37.6 Å². The minimum atomic E-state index is -0.551. The van der Waals surface area contributed by atoms with Crippen LogP contribution in [0.4, 0.5) is 0 Å². The van der Waals surface area contributed by atoms with Gasteiger partial charge in [-0.1, -0.05) is 0 Å². The van der Waals surface area contributed by atoms with E-state index in [-0.39, 0.29) is 11.6 Å². The number of rotatable bonds is 3. The van der Waals surface area contributed by atoms with Gasteiger partial charge in [0, 0.05) is 49.2 Å². The number of hydrogen-bond acceptors (Lipinski definition) is 3. The van der Waals surface area contributed by atoms with Gasteiger partial charge in [0.25, 0.3) is 11.8 Å². The molecule has 2 aromatic heterocycles. The van der Waals surface area contributed by atoms with E-state index in [0.29, 0.717) is 19.5 Å². The van der Waals surface area contributed by atoms with Crippen LogP contribution in [0, 0.1) is 13.8 Å². The van der Waals surface area contributed by atoms with E-state index in [9.17, 15) is 9.59 Å². The molecule has 0 spiro atoms. The molecular formula is C17H23N5O2. The van der Waals surface area contributed by atoms with Crippen LogP contribution in [0.2, 0.25) is 0 Å². The number of amides is 2. The average Bonchev–Trinajstić information content (AvgIpc) is 3.03. The molecule has 0 radical (unpaired) electrons. The Morgan fingerprint density at radius 3 is 2.62 bits per heavy atom. The van der Waals surface area contributed by atoms with Gasteiger partial charge in [0.1, 0.15) is 0 Å². The summed E-state index contributed by atoms with van der Waals surface area (Å²) in [5.74, 6) is -0.557. The molecule has 0 saturated carbocycles. The topological polar surface area (TPSA) is 86.2 Å². The van der Waals surface area contributed by atoms with Crippen LogP contribution in [-0.2, 0) is 26.6 Å². The fourth-order valence-electron chi connectivity index (χ4n) is 3.64. The Morgan fingerprint density at radius 2 is 2.04 bits per heavy atom. The molecule has 128 valence electrons. The van der Waals surface area contributed by atoms with Crippen LogP contribution in [0.15, 0.2) is 6.07 Å². The summed E-state index contributed by atoms with van der Waals surface area (Å²) in [6.45, 7) is 7.86. The van der Waals surface area contributed by atoms with Crippen LogP contribution < -0.4 is 5.73 Å². The van der Waals surface area contributed by atoms with Crippen LogP contribution in [0.3, 0.4) is 0 Å². The number of nitrogens with zero attached hydrogens (tertiary/aromatic N) is 4. The molecule has 0 bridgehead atoms. The van der Waals surface area contributed by atoms with Gasteiger partial charge in [-0.05, 0) is 26.8 Å². The number of carbonyl (C=O) groups excluding carboxylic acids is 2. The van der Waals surface area contributed by atoms with Gasteiger partial charge in [-0.3, -0.25) is 14.3 Å². The van der Waals surface area contributed by atoms with E-state index in [1.54, 1.807) is 16.6 Å². The lowest BCUT2D eigenvalue weighted by molar-refractivity contribution is 0.0730. The van der Waals surface area contributed by atoms with Gasteiger partial charge < -0.3 is 15.2 Å². The second kappa shape index (κ2) is 5.81. The first kappa shape index (κ1) is 16.3. The molecule has 1 aliphatic rings. The lowest BCUT2D eigenvalue weighted by Gasteiger charge is -2.27. The maximum absolute atomic E-state index is 13.0. The summed E-state index contributed by atoms with van der Waals surface area (Å²) in [6, 6.07) is 1.94. The third kappa shape index (κ3) is 2.40. The number of nitrogens with two attached hydrogens (primary N) is 1. The first-order chi connectivity index (χ1) is 11.3. The van der Waals surface area contributed by atoms with E-state index in [4.69, 9.17) is 5.73 Å². The Balaban J connectivity index is 1.93. The van der Waals surface area contributed by atoms with Crippen molar-refractivity contribution in [2.45, 2.75) is 40.3 Å². The highest BCUT2D eigenvalue weighted by molar-refractivity contribution is 5.96. The number of hydrogen-bond donors (Lipinski definition) is 1. The summed E-state index contributed by atoms with van der Waals surface area (Å²) < 4.78 is 3.82. The SMILES string of the molecule is CCn1c(C)cc(C(=O)N2CCc3c(c(C(N)=O)nn3C)C2)c1C. The van der Waals surface area contributed by atoms with Crippen molar-refractivity contribution in [1.82, 2.24) is 19.2 Å². The van der Waals surface area contributed by atoms with Gasteiger partial charge in [0.05, 0.1) is 12.1 Å². The lowest BCUT2D eigenvalue weighted by Crippen LogP contribution is -2.37. The van der Waals surface area contributed by atoms with Crippen molar-refractivity contribution >= 4 is 11.8 Å². The number of fused-ring (bicyclic) bond motifs is 1. The molecule has 2 amide bonds. The largest absolute Gasteiger partial charge is 0.364 e. The van der Waals surface area contributed by atoms with Crippen molar-refractivity contribution < 1.29 is 9.59 Å². The lowest BCUT2D eigenvalue weighted by atomic mass is 10.0. The Bertz CT molecular complexity index is 831. The van der Waals surface area contributed by atoms with Crippen molar-refractivity contribution in [3.05, 3.63) is 40.0 Å². The summed E-state index contributed by atoms with van der Waals surface area (Å²) in [5, 5.41) is 4.21. The molecule has 3 rings (SSSR count). The predicted octanol–water partition coefficient (Wildman–Crippen LogP) is 1.16. The minimum Gasteiger partial charge on any atom is -0.364 e. The van der Waals surface area contributed by atoms with E-state index in [0.717, 1.165) is 34.8 Å². The number of primary amides is 1. The predicted molar refractivity (Wildman–Crippen MR) is 89.8 cm³/mol. The normalized spacial score (nSPS) is 13.9. The van der Waals surface area contributed by atoms with Gasteiger partial charge in [-0.2, -0.15) is 5.10 Å². The number of aromatic nitrogens is 3. The molecule has 0 aliphatic carbocycles. The van der Waals surface area contributed by atoms with Crippen molar-refractivity contribution in [3.8, 4) is 0 Å². The molecule has 3 heterocycles. The Kier molecular flexibility index (Phi) is 3.95. The fourth-order valence-corrected chi connectivity index (χ4v) is 3.64. The monoisotopic (exact) mass is 329 g/mol. The first-order valence-electron chi connectivity index (χ1n) is 8.15. The highest BCUT2D eigenvalue weighted by Crippen LogP contribution is 2.25. The molecule has 2 aromatic rings. The Labute approximate surface area is 141 Å². The van der Waals surface area contributed by atoms with Gasteiger partial charge in [0.2, 0.25) is 0 Å². The third-order valence-electron chi connectivity index (χ3n) is 4.88. The molecule has 24 heavy (non-hydrogen) atoms. The van der Waals surface area contributed by atoms with Crippen molar-refractivity contribution in [2.75, 3.05) is 6.54 Å². The summed E-state index contributed by atoms with van der Waals surface area (Å²) in [6.07, 6.45) is 0.671. The highest BCUT2D eigenvalue weighted by atomic mass is 16.2. The molecular weight excluding hydrogens is 306 g/mol. The van der Waals surface area contributed by atoms with Crippen LogP contribution in [0.25, 0.3) is 0 Å². The van der Waals surface area contributed by atoms with Crippen LogP contribution >= 0.6 is 0 Å². The second-order valence-corrected chi connectivity index (χ2v) is 6.27. The molecule has 2 N–H and O–H groups in total. The molecule has 0 aromatic carbocycles. The van der Waals surface area contributed by atoms with Gasteiger partial charge >= 0.3 is 0 Å². The summed E-state index contributed by atoms with van der Waals surface area (Å²) in [7, 11) is 1.80. The molecule has 7 nitrogen and oxygen atoms in total. The maximum atomic E-state index is 13.0. The Morgan fingerprint density at radius 1 is 1.33 bits per heavy atom. The smallest absolute Gasteiger partial charge is 0.269 e. The zero-order chi connectivity index (χ0) is 17.6. The van der Waals surface area contributed by atoms with E-state index < -0.39 is 5.91 Å². The molecule has 0 fully saturated rings. The minimum absolute atomic E-state index is 0.00674.